The lowest BCUT2D eigenvalue weighted by molar-refractivity contribution is 1.47. The summed E-state index contributed by atoms with van der Waals surface area (Å²) in [5.41, 5.74) is 6.25. The minimum absolute atomic E-state index is 0.656. The van der Waals surface area contributed by atoms with E-state index in [1.807, 2.05) is 6.07 Å². The Bertz CT molecular complexity index is 239. The van der Waals surface area contributed by atoms with E-state index in [0.717, 1.165) is 4.90 Å². The Morgan fingerprint density at radius 1 is 1.50 bits per heavy atom. The van der Waals surface area contributed by atoms with Crippen LogP contribution in [0, 0.1) is 0 Å². The SMILES string of the molecule is Nc1cc(Cl)ccc1SS. The second-order valence-electron chi connectivity index (χ2n) is 1.77. The van der Waals surface area contributed by atoms with Crippen molar-refractivity contribution in [2.75, 3.05) is 5.73 Å². The monoisotopic (exact) mass is 191 g/mol. The van der Waals surface area contributed by atoms with Gasteiger partial charge in [-0.2, -0.15) is 0 Å². The zero-order chi connectivity index (χ0) is 7.56. The number of nitrogens with two attached hydrogens (primary N) is 1. The van der Waals surface area contributed by atoms with E-state index in [2.05, 4.69) is 11.7 Å². The van der Waals surface area contributed by atoms with Gasteiger partial charge in [0.25, 0.3) is 0 Å². The van der Waals surface area contributed by atoms with Crippen LogP contribution in [0.4, 0.5) is 5.69 Å². The lowest BCUT2D eigenvalue weighted by Gasteiger charge is -1.99. The van der Waals surface area contributed by atoms with Crippen LogP contribution in [-0.4, -0.2) is 0 Å². The Morgan fingerprint density at radius 3 is 2.70 bits per heavy atom. The highest BCUT2D eigenvalue weighted by molar-refractivity contribution is 8.68. The van der Waals surface area contributed by atoms with Crippen LogP contribution in [0.25, 0.3) is 0 Å². The number of anilines is 1. The fourth-order valence-electron chi connectivity index (χ4n) is 0.602. The molecule has 0 amide bonds. The van der Waals surface area contributed by atoms with Gasteiger partial charge in [-0.1, -0.05) is 22.4 Å². The summed E-state index contributed by atoms with van der Waals surface area (Å²) in [5.74, 6) is 0. The highest BCUT2D eigenvalue weighted by Gasteiger charge is 1.96. The van der Waals surface area contributed by atoms with Gasteiger partial charge in [-0.05, 0) is 18.2 Å². The standard InChI is InChI=1S/C6H6ClNS2/c7-4-1-2-6(10-9)5(8)3-4/h1-3,9H,8H2. The molecule has 0 heterocycles. The molecule has 0 fully saturated rings. The van der Waals surface area contributed by atoms with E-state index in [-0.39, 0.29) is 0 Å². The Balaban J connectivity index is 3.07. The van der Waals surface area contributed by atoms with E-state index in [0.29, 0.717) is 10.7 Å². The van der Waals surface area contributed by atoms with Crippen molar-refractivity contribution in [2.45, 2.75) is 4.90 Å². The van der Waals surface area contributed by atoms with E-state index in [9.17, 15) is 0 Å². The molecule has 0 aliphatic heterocycles. The van der Waals surface area contributed by atoms with Gasteiger partial charge in [0.05, 0.1) is 0 Å². The maximum Gasteiger partial charge on any atom is 0.0475 e. The number of benzene rings is 1. The molecule has 0 aromatic heterocycles. The van der Waals surface area contributed by atoms with Crippen molar-refractivity contribution in [3.63, 3.8) is 0 Å². The summed E-state index contributed by atoms with van der Waals surface area (Å²) in [6, 6.07) is 5.34. The third-order valence-corrected chi connectivity index (χ3v) is 2.46. The van der Waals surface area contributed by atoms with Gasteiger partial charge >= 0.3 is 0 Å². The van der Waals surface area contributed by atoms with E-state index in [1.165, 1.54) is 10.8 Å². The molecular weight excluding hydrogens is 186 g/mol. The fraction of sp³-hybridized carbons (Fsp3) is 0. The topological polar surface area (TPSA) is 26.0 Å². The van der Waals surface area contributed by atoms with Crippen LogP contribution in [0.5, 0.6) is 0 Å². The van der Waals surface area contributed by atoms with Crippen LogP contribution >= 0.6 is 34.1 Å². The molecule has 0 aliphatic carbocycles. The van der Waals surface area contributed by atoms with Crippen LogP contribution in [0.15, 0.2) is 23.1 Å². The quantitative estimate of drug-likeness (QED) is 0.406. The number of halogens is 1. The maximum atomic E-state index is 5.66. The second kappa shape index (κ2) is 3.42. The summed E-state index contributed by atoms with van der Waals surface area (Å²) in [4.78, 5) is 0.938. The van der Waals surface area contributed by atoms with Gasteiger partial charge in [-0.15, -0.1) is 11.7 Å². The number of hydrogen-bond acceptors (Lipinski definition) is 3. The molecule has 1 rings (SSSR count). The van der Waals surface area contributed by atoms with Gasteiger partial charge in [-0.3, -0.25) is 0 Å². The lowest BCUT2D eigenvalue weighted by atomic mass is 10.3. The van der Waals surface area contributed by atoms with Crippen molar-refractivity contribution in [1.82, 2.24) is 0 Å². The van der Waals surface area contributed by atoms with Crippen LogP contribution < -0.4 is 5.73 Å². The average Bonchev–Trinajstić information content (AvgIpc) is 1.88. The molecule has 54 valence electrons. The molecule has 0 unspecified atom stereocenters. The summed E-state index contributed by atoms with van der Waals surface area (Å²) < 4.78 is 0. The first kappa shape index (κ1) is 8.11. The Hall–Kier alpha value is 0.01000. The molecule has 0 saturated heterocycles. The first-order valence-electron chi connectivity index (χ1n) is 2.60. The number of hydrogen-bond donors (Lipinski definition) is 2. The zero-order valence-electron chi connectivity index (χ0n) is 5.04. The van der Waals surface area contributed by atoms with Crippen molar-refractivity contribution < 1.29 is 0 Å². The first-order chi connectivity index (χ1) is 4.74. The van der Waals surface area contributed by atoms with Gasteiger partial charge < -0.3 is 5.73 Å². The van der Waals surface area contributed by atoms with Crippen molar-refractivity contribution in [1.29, 1.82) is 0 Å². The van der Waals surface area contributed by atoms with Crippen LogP contribution in [0.3, 0.4) is 0 Å². The van der Waals surface area contributed by atoms with Crippen molar-refractivity contribution in [2.24, 2.45) is 0 Å². The van der Waals surface area contributed by atoms with Gasteiger partial charge in [-0.25, -0.2) is 0 Å². The molecule has 0 saturated carbocycles. The van der Waals surface area contributed by atoms with E-state index in [4.69, 9.17) is 17.3 Å². The van der Waals surface area contributed by atoms with Gasteiger partial charge in [0.1, 0.15) is 0 Å². The average molecular weight is 192 g/mol. The van der Waals surface area contributed by atoms with Gasteiger partial charge in [0, 0.05) is 15.6 Å². The van der Waals surface area contributed by atoms with Crippen molar-refractivity contribution in [3.8, 4) is 0 Å². The molecule has 2 N–H and O–H groups in total. The molecule has 0 spiro atoms. The van der Waals surface area contributed by atoms with E-state index >= 15 is 0 Å². The van der Waals surface area contributed by atoms with Crippen LogP contribution in [-0.2, 0) is 0 Å². The summed E-state index contributed by atoms with van der Waals surface area (Å²) in [5, 5.41) is 0.656. The van der Waals surface area contributed by atoms with Crippen LogP contribution in [0.2, 0.25) is 5.02 Å². The number of rotatable bonds is 1. The smallest absolute Gasteiger partial charge is 0.0475 e. The van der Waals surface area contributed by atoms with E-state index < -0.39 is 0 Å². The Kier molecular flexibility index (Phi) is 2.77. The summed E-state index contributed by atoms with van der Waals surface area (Å²) in [6.07, 6.45) is 0. The lowest BCUT2D eigenvalue weighted by Crippen LogP contribution is -1.85. The second-order valence-corrected chi connectivity index (χ2v) is 3.38. The molecule has 0 radical (unpaired) electrons. The summed E-state index contributed by atoms with van der Waals surface area (Å²) in [7, 11) is 1.31. The van der Waals surface area contributed by atoms with Gasteiger partial charge in [0.15, 0.2) is 0 Å². The molecule has 0 atom stereocenters. The normalized spacial score (nSPS) is 9.80. The predicted molar refractivity (Wildman–Crippen MR) is 50.7 cm³/mol. The third-order valence-electron chi connectivity index (χ3n) is 1.07. The summed E-state index contributed by atoms with van der Waals surface area (Å²) >= 11 is 9.67. The zero-order valence-corrected chi connectivity index (χ0v) is 7.51. The molecule has 1 aromatic carbocycles. The molecule has 1 nitrogen and oxygen atoms in total. The minimum atomic E-state index is 0.656. The Morgan fingerprint density at radius 2 is 2.20 bits per heavy atom. The Labute approximate surface area is 73.8 Å². The molecule has 4 heteroatoms. The van der Waals surface area contributed by atoms with E-state index in [1.54, 1.807) is 12.1 Å². The van der Waals surface area contributed by atoms with Crippen molar-refractivity contribution in [3.05, 3.63) is 23.2 Å². The molecule has 0 bridgehead atoms. The van der Waals surface area contributed by atoms with Gasteiger partial charge in [0.2, 0.25) is 0 Å². The highest BCUT2D eigenvalue weighted by atomic mass is 35.5. The predicted octanol–water partition coefficient (Wildman–Crippen LogP) is 2.86. The fourth-order valence-corrected chi connectivity index (χ4v) is 1.58. The minimum Gasteiger partial charge on any atom is -0.398 e. The maximum absolute atomic E-state index is 5.66. The largest absolute Gasteiger partial charge is 0.398 e. The number of nitrogen functional groups attached to an aromatic ring is 1. The molecule has 1 aromatic rings. The number of thiol groups is 1. The molecule has 0 aliphatic rings. The molecule has 10 heavy (non-hydrogen) atoms. The highest BCUT2D eigenvalue weighted by Crippen LogP contribution is 2.29. The van der Waals surface area contributed by atoms with Crippen LogP contribution in [0.1, 0.15) is 0 Å². The molecular formula is C6H6ClNS2. The first-order valence-corrected chi connectivity index (χ1v) is 4.85. The van der Waals surface area contributed by atoms with Crippen molar-refractivity contribution >= 4 is 39.7 Å². The summed E-state index contributed by atoms with van der Waals surface area (Å²) in [6.45, 7) is 0. The third kappa shape index (κ3) is 1.75.